The Morgan fingerprint density at radius 2 is 2.00 bits per heavy atom. The number of benzene rings is 2. The standard InChI is InChI=1S/C24H25NO5/c1-3-4-10-25-21(15-6-5-7-18(26)13-15)20(23(28)24(25)29)22(27)16-8-9-19-17(12-16)11-14(2)30-19/h5-9,12-14,21,26-27H,3-4,10-11H2,1-2H3/b22-20-. The highest BCUT2D eigenvalue weighted by Crippen LogP contribution is 2.41. The molecule has 0 spiro atoms. The van der Waals surface area contributed by atoms with Crippen LogP contribution in [0.25, 0.3) is 5.76 Å². The number of unbranched alkanes of at least 4 members (excludes halogenated alkanes) is 1. The molecule has 0 bridgehead atoms. The van der Waals surface area contributed by atoms with Crippen molar-refractivity contribution in [2.24, 2.45) is 0 Å². The van der Waals surface area contributed by atoms with E-state index in [1.807, 2.05) is 19.9 Å². The number of aliphatic hydroxyl groups is 1. The van der Waals surface area contributed by atoms with Crippen LogP contribution in [-0.2, 0) is 16.0 Å². The van der Waals surface area contributed by atoms with Crippen molar-refractivity contribution in [2.75, 3.05) is 6.54 Å². The molecule has 1 saturated heterocycles. The first-order chi connectivity index (χ1) is 14.4. The number of phenolic OH excluding ortho intramolecular Hbond substituents is 1. The molecule has 2 aromatic carbocycles. The molecule has 2 aliphatic heterocycles. The maximum atomic E-state index is 13.0. The molecule has 2 heterocycles. The molecule has 6 heteroatoms. The number of aliphatic hydroxyl groups excluding tert-OH is 1. The molecule has 30 heavy (non-hydrogen) atoms. The Morgan fingerprint density at radius 3 is 2.73 bits per heavy atom. The summed E-state index contributed by atoms with van der Waals surface area (Å²) in [6.45, 7) is 4.38. The second-order valence-electron chi connectivity index (χ2n) is 7.90. The molecule has 2 atom stereocenters. The smallest absolute Gasteiger partial charge is 0.295 e. The van der Waals surface area contributed by atoms with Gasteiger partial charge in [0, 0.05) is 18.5 Å². The van der Waals surface area contributed by atoms with Gasteiger partial charge in [0.05, 0.1) is 11.6 Å². The Labute approximate surface area is 175 Å². The molecule has 2 unspecified atom stereocenters. The topological polar surface area (TPSA) is 87.1 Å². The van der Waals surface area contributed by atoms with E-state index in [1.165, 1.54) is 17.0 Å². The highest BCUT2D eigenvalue weighted by Gasteiger charge is 2.45. The lowest BCUT2D eigenvalue weighted by Gasteiger charge is -2.25. The predicted molar refractivity (Wildman–Crippen MR) is 112 cm³/mol. The van der Waals surface area contributed by atoms with Crippen molar-refractivity contribution in [1.29, 1.82) is 0 Å². The molecule has 0 radical (unpaired) electrons. The van der Waals surface area contributed by atoms with Gasteiger partial charge >= 0.3 is 0 Å². The third kappa shape index (κ3) is 3.43. The third-order valence-electron chi connectivity index (χ3n) is 5.65. The van der Waals surface area contributed by atoms with Crippen LogP contribution in [0.1, 0.15) is 49.4 Å². The van der Waals surface area contributed by atoms with E-state index in [0.717, 1.165) is 30.6 Å². The number of aromatic hydroxyl groups is 1. The van der Waals surface area contributed by atoms with Crippen LogP contribution in [0.15, 0.2) is 48.0 Å². The average Bonchev–Trinajstić information content (AvgIpc) is 3.22. The number of hydrogen-bond acceptors (Lipinski definition) is 5. The lowest BCUT2D eigenvalue weighted by molar-refractivity contribution is -0.139. The summed E-state index contributed by atoms with van der Waals surface area (Å²) in [6.07, 6.45) is 2.37. The first kappa shape index (κ1) is 20.0. The van der Waals surface area contributed by atoms with Gasteiger partial charge in [0.2, 0.25) is 0 Å². The minimum atomic E-state index is -0.743. The van der Waals surface area contributed by atoms with Gasteiger partial charge in [-0.1, -0.05) is 25.5 Å². The van der Waals surface area contributed by atoms with Crippen LogP contribution < -0.4 is 4.74 Å². The van der Waals surface area contributed by atoms with Crippen LogP contribution in [0.4, 0.5) is 0 Å². The fraction of sp³-hybridized carbons (Fsp3) is 0.333. The fourth-order valence-electron chi connectivity index (χ4n) is 4.21. The van der Waals surface area contributed by atoms with Gasteiger partial charge < -0.3 is 19.8 Å². The minimum absolute atomic E-state index is 0.0391. The largest absolute Gasteiger partial charge is 0.508 e. The number of fused-ring (bicyclic) bond motifs is 1. The van der Waals surface area contributed by atoms with E-state index in [0.29, 0.717) is 17.7 Å². The molecule has 6 nitrogen and oxygen atoms in total. The number of likely N-dealkylation sites (tertiary alicyclic amines) is 1. The highest BCUT2D eigenvalue weighted by atomic mass is 16.5. The second-order valence-corrected chi connectivity index (χ2v) is 7.90. The maximum Gasteiger partial charge on any atom is 0.295 e. The quantitative estimate of drug-likeness (QED) is 0.445. The number of ether oxygens (including phenoxy) is 1. The van der Waals surface area contributed by atoms with Gasteiger partial charge in [-0.05, 0) is 54.8 Å². The van der Waals surface area contributed by atoms with E-state index in [4.69, 9.17) is 4.74 Å². The minimum Gasteiger partial charge on any atom is -0.508 e. The Morgan fingerprint density at radius 1 is 1.20 bits per heavy atom. The molecule has 156 valence electrons. The van der Waals surface area contributed by atoms with Crippen molar-refractivity contribution >= 4 is 17.4 Å². The molecule has 4 rings (SSSR count). The molecule has 1 amide bonds. The summed E-state index contributed by atoms with van der Waals surface area (Å²) in [6, 6.07) is 11.0. The number of phenols is 1. The molecule has 2 aliphatic rings. The number of rotatable bonds is 5. The Kier molecular flexibility index (Phi) is 5.24. The summed E-state index contributed by atoms with van der Waals surface area (Å²) in [5.41, 5.74) is 2.07. The summed E-state index contributed by atoms with van der Waals surface area (Å²) in [5, 5.41) is 21.1. The molecule has 0 aromatic heterocycles. The summed E-state index contributed by atoms with van der Waals surface area (Å²) in [4.78, 5) is 27.2. The molecule has 0 saturated carbocycles. The Hall–Kier alpha value is -3.28. The number of hydrogen-bond donors (Lipinski definition) is 2. The first-order valence-electron chi connectivity index (χ1n) is 10.3. The average molecular weight is 407 g/mol. The van der Waals surface area contributed by atoms with Gasteiger partial charge in [0.1, 0.15) is 23.4 Å². The monoisotopic (exact) mass is 407 g/mol. The van der Waals surface area contributed by atoms with E-state index < -0.39 is 17.7 Å². The summed E-state index contributed by atoms with van der Waals surface area (Å²) in [7, 11) is 0. The summed E-state index contributed by atoms with van der Waals surface area (Å²) in [5.74, 6) is -0.731. The van der Waals surface area contributed by atoms with E-state index in [9.17, 15) is 19.8 Å². The number of ketones is 1. The van der Waals surface area contributed by atoms with Crippen molar-refractivity contribution < 1.29 is 24.5 Å². The van der Waals surface area contributed by atoms with Crippen LogP contribution in [0, 0.1) is 0 Å². The highest BCUT2D eigenvalue weighted by molar-refractivity contribution is 6.46. The van der Waals surface area contributed by atoms with E-state index in [1.54, 1.807) is 24.3 Å². The van der Waals surface area contributed by atoms with Gasteiger partial charge in [-0.15, -0.1) is 0 Å². The van der Waals surface area contributed by atoms with Crippen LogP contribution in [0.3, 0.4) is 0 Å². The van der Waals surface area contributed by atoms with Crippen LogP contribution in [-0.4, -0.2) is 39.5 Å². The predicted octanol–water partition coefficient (Wildman–Crippen LogP) is 3.94. The van der Waals surface area contributed by atoms with Crippen molar-refractivity contribution in [3.8, 4) is 11.5 Å². The first-order valence-corrected chi connectivity index (χ1v) is 10.3. The number of Topliss-reactive ketones (excluding diaryl/α,β-unsaturated/α-hetero) is 1. The number of carbonyl (C=O) groups is 2. The molecule has 2 aromatic rings. The molecule has 1 fully saturated rings. The Balaban J connectivity index is 1.83. The van der Waals surface area contributed by atoms with Gasteiger partial charge in [-0.2, -0.15) is 0 Å². The van der Waals surface area contributed by atoms with E-state index >= 15 is 0 Å². The van der Waals surface area contributed by atoms with Gasteiger partial charge in [-0.25, -0.2) is 0 Å². The third-order valence-corrected chi connectivity index (χ3v) is 5.65. The number of nitrogens with zero attached hydrogens (tertiary/aromatic N) is 1. The molecular weight excluding hydrogens is 382 g/mol. The zero-order valence-electron chi connectivity index (χ0n) is 17.1. The van der Waals surface area contributed by atoms with Crippen molar-refractivity contribution in [2.45, 2.75) is 45.3 Å². The summed E-state index contributed by atoms with van der Waals surface area (Å²) < 4.78 is 5.72. The Bertz CT molecular complexity index is 1040. The second kappa shape index (κ2) is 7.86. The molecular formula is C24H25NO5. The normalized spacial score (nSPS) is 22.3. The van der Waals surface area contributed by atoms with E-state index in [2.05, 4.69) is 0 Å². The van der Waals surface area contributed by atoms with Crippen LogP contribution >= 0.6 is 0 Å². The van der Waals surface area contributed by atoms with Crippen LogP contribution in [0.5, 0.6) is 11.5 Å². The zero-order chi connectivity index (χ0) is 21.4. The van der Waals surface area contributed by atoms with Crippen molar-refractivity contribution in [1.82, 2.24) is 4.90 Å². The van der Waals surface area contributed by atoms with Gasteiger partial charge in [0.15, 0.2) is 0 Å². The van der Waals surface area contributed by atoms with Crippen LogP contribution in [0.2, 0.25) is 0 Å². The number of carbonyl (C=O) groups excluding carboxylic acids is 2. The fourth-order valence-corrected chi connectivity index (χ4v) is 4.21. The van der Waals surface area contributed by atoms with Crippen molar-refractivity contribution in [3.63, 3.8) is 0 Å². The lowest BCUT2D eigenvalue weighted by Crippen LogP contribution is -2.30. The number of amides is 1. The maximum absolute atomic E-state index is 13.0. The molecule has 0 aliphatic carbocycles. The molecule has 2 N–H and O–H groups in total. The summed E-state index contributed by atoms with van der Waals surface area (Å²) >= 11 is 0. The lowest BCUT2D eigenvalue weighted by atomic mass is 9.94. The van der Waals surface area contributed by atoms with Crippen molar-refractivity contribution in [3.05, 3.63) is 64.7 Å². The zero-order valence-corrected chi connectivity index (χ0v) is 17.1. The van der Waals surface area contributed by atoms with Gasteiger partial charge in [-0.3, -0.25) is 9.59 Å². The van der Waals surface area contributed by atoms with Gasteiger partial charge in [0.25, 0.3) is 11.7 Å². The van der Waals surface area contributed by atoms with E-state index in [-0.39, 0.29) is 23.2 Å². The SMILES string of the molecule is CCCCN1C(=O)C(=O)/C(=C(\O)c2ccc3c(c2)CC(C)O3)C1c1cccc(O)c1.